The largest absolute Gasteiger partial charge is 0.478 e. The van der Waals surface area contributed by atoms with Gasteiger partial charge in [0.1, 0.15) is 6.17 Å². The van der Waals surface area contributed by atoms with Crippen LogP contribution in [0.4, 0.5) is 4.39 Å². The van der Waals surface area contributed by atoms with E-state index in [1.54, 1.807) is 12.1 Å². The van der Waals surface area contributed by atoms with Gasteiger partial charge in [-0.1, -0.05) is 36.6 Å². The lowest BCUT2D eigenvalue weighted by Gasteiger charge is -2.31. The lowest BCUT2D eigenvalue weighted by Crippen LogP contribution is -2.40. The molecule has 2 aromatic carbocycles. The number of rotatable bonds is 4. The zero-order valence-electron chi connectivity index (χ0n) is 20.6. The maximum Gasteiger partial charge on any atom is 0.335 e. The Morgan fingerprint density at radius 3 is 2.61 bits per heavy atom. The van der Waals surface area contributed by atoms with E-state index in [4.69, 9.17) is 11.6 Å². The van der Waals surface area contributed by atoms with Gasteiger partial charge in [-0.25, -0.2) is 9.18 Å². The van der Waals surface area contributed by atoms with E-state index in [0.29, 0.717) is 31.1 Å². The van der Waals surface area contributed by atoms with Crippen molar-refractivity contribution in [3.8, 4) is 11.3 Å². The number of alkyl halides is 1. The summed E-state index contributed by atoms with van der Waals surface area (Å²) in [5, 5.41) is 11.2. The van der Waals surface area contributed by atoms with E-state index in [9.17, 15) is 14.7 Å². The summed E-state index contributed by atoms with van der Waals surface area (Å²) in [6, 6.07) is 10.8. The molecule has 1 fully saturated rings. The number of carbonyl (C=O) groups excluding carboxylic acids is 1. The number of fused-ring (bicyclic) bond motifs is 5. The van der Waals surface area contributed by atoms with E-state index in [-0.39, 0.29) is 23.9 Å². The van der Waals surface area contributed by atoms with Crippen molar-refractivity contribution < 1.29 is 19.1 Å². The molecule has 6 nitrogen and oxygen atoms in total. The number of aromatic nitrogens is 1. The number of amides is 1. The number of carboxylic acid groups (broad SMARTS) is 1. The average molecular weight is 512 g/mol. The molecule has 1 aliphatic heterocycles. The molecule has 0 spiro atoms. The molecule has 190 valence electrons. The Morgan fingerprint density at radius 1 is 1.11 bits per heavy atom. The molecule has 2 aliphatic rings. The van der Waals surface area contributed by atoms with E-state index in [1.165, 1.54) is 0 Å². The predicted molar refractivity (Wildman–Crippen MR) is 139 cm³/mol. The molecule has 8 heteroatoms. The van der Waals surface area contributed by atoms with Gasteiger partial charge < -0.3 is 19.5 Å². The molecular formula is C28H31ClFN3O3. The highest BCUT2D eigenvalue weighted by atomic mass is 35.5. The van der Waals surface area contributed by atoms with Crippen molar-refractivity contribution in [3.63, 3.8) is 0 Å². The molecule has 1 amide bonds. The van der Waals surface area contributed by atoms with Gasteiger partial charge in [0.05, 0.1) is 17.8 Å². The Balaban J connectivity index is 1.77. The number of aromatic carboxylic acids is 1. The molecule has 2 atom stereocenters. The van der Waals surface area contributed by atoms with Gasteiger partial charge in [-0.3, -0.25) is 4.79 Å². The van der Waals surface area contributed by atoms with Gasteiger partial charge in [-0.15, -0.1) is 0 Å². The fourth-order valence-corrected chi connectivity index (χ4v) is 6.03. The summed E-state index contributed by atoms with van der Waals surface area (Å²) in [5.74, 6) is -1.26. The minimum Gasteiger partial charge on any atom is -0.478 e. The third kappa shape index (κ3) is 4.50. The third-order valence-electron chi connectivity index (χ3n) is 7.48. The third-order valence-corrected chi connectivity index (χ3v) is 7.72. The first kappa shape index (κ1) is 24.8. The minimum absolute atomic E-state index is 0.00777. The van der Waals surface area contributed by atoms with Crippen molar-refractivity contribution >= 4 is 34.4 Å². The van der Waals surface area contributed by atoms with Crippen molar-refractivity contribution in [2.75, 3.05) is 27.2 Å². The first-order valence-electron chi connectivity index (χ1n) is 12.5. The molecule has 0 radical (unpaired) electrons. The second-order valence-corrected chi connectivity index (χ2v) is 10.6. The van der Waals surface area contributed by atoms with Gasteiger partial charge in [0.2, 0.25) is 5.91 Å². The molecule has 0 unspecified atom stereocenters. The van der Waals surface area contributed by atoms with Crippen molar-refractivity contribution in [2.45, 2.75) is 50.9 Å². The summed E-state index contributed by atoms with van der Waals surface area (Å²) in [5.41, 5.74) is 4.65. The van der Waals surface area contributed by atoms with Crippen LogP contribution >= 0.6 is 11.6 Å². The molecule has 1 aromatic heterocycles. The smallest absolute Gasteiger partial charge is 0.335 e. The molecule has 5 rings (SSSR count). The molecule has 36 heavy (non-hydrogen) atoms. The molecule has 1 aliphatic carbocycles. The Hall–Kier alpha value is -2.90. The number of halogens is 2. The van der Waals surface area contributed by atoms with Crippen LogP contribution in [0, 0.1) is 0 Å². The van der Waals surface area contributed by atoms with E-state index < -0.39 is 12.1 Å². The van der Waals surface area contributed by atoms with Gasteiger partial charge in [-0.2, -0.15) is 0 Å². The number of hydrogen-bond acceptors (Lipinski definition) is 3. The lowest BCUT2D eigenvalue weighted by atomic mass is 9.80. The van der Waals surface area contributed by atoms with Crippen LogP contribution in [0.5, 0.6) is 0 Å². The van der Waals surface area contributed by atoms with E-state index in [1.807, 2.05) is 48.2 Å². The van der Waals surface area contributed by atoms with Crippen LogP contribution in [-0.4, -0.2) is 64.7 Å². The SMILES string of the molecule is CN(C)CC(=O)N1CCn2c(c([C@H]3CCCC[C@@H]3F)c3ccc(C(=O)O)cc32)-c2ccc(Cl)cc2C1. The van der Waals surface area contributed by atoms with Crippen molar-refractivity contribution in [1.82, 2.24) is 14.4 Å². The van der Waals surface area contributed by atoms with Crippen LogP contribution in [0.3, 0.4) is 0 Å². The highest BCUT2D eigenvalue weighted by Crippen LogP contribution is 2.46. The Kier molecular flexibility index (Phi) is 6.79. The average Bonchev–Trinajstić information content (AvgIpc) is 3.12. The van der Waals surface area contributed by atoms with Crippen molar-refractivity contribution in [1.29, 1.82) is 0 Å². The first-order valence-corrected chi connectivity index (χ1v) is 12.9. The quantitative estimate of drug-likeness (QED) is 0.498. The van der Waals surface area contributed by atoms with Crippen LogP contribution in [0.1, 0.15) is 53.1 Å². The minimum atomic E-state index is -1.00. The summed E-state index contributed by atoms with van der Waals surface area (Å²) < 4.78 is 17.5. The summed E-state index contributed by atoms with van der Waals surface area (Å²) in [6.45, 7) is 1.64. The Bertz CT molecular complexity index is 1340. The summed E-state index contributed by atoms with van der Waals surface area (Å²) in [6.07, 6.45) is 2.18. The number of carbonyl (C=O) groups is 2. The van der Waals surface area contributed by atoms with Crippen LogP contribution in [0.2, 0.25) is 5.02 Å². The number of likely N-dealkylation sites (N-methyl/N-ethyl adjacent to an activating group) is 1. The highest BCUT2D eigenvalue weighted by Gasteiger charge is 2.34. The van der Waals surface area contributed by atoms with Gasteiger partial charge in [-0.05, 0) is 62.3 Å². The van der Waals surface area contributed by atoms with Crippen LogP contribution in [0.15, 0.2) is 36.4 Å². The zero-order valence-corrected chi connectivity index (χ0v) is 21.4. The summed E-state index contributed by atoms with van der Waals surface area (Å²) in [4.78, 5) is 28.6. The molecule has 2 heterocycles. The highest BCUT2D eigenvalue weighted by molar-refractivity contribution is 6.30. The van der Waals surface area contributed by atoms with Gasteiger partial charge >= 0.3 is 5.97 Å². The molecular weight excluding hydrogens is 481 g/mol. The Morgan fingerprint density at radius 2 is 1.89 bits per heavy atom. The molecule has 1 N–H and O–H groups in total. The number of carboxylic acids is 1. The fraction of sp³-hybridized carbons (Fsp3) is 0.429. The van der Waals surface area contributed by atoms with Gasteiger partial charge in [0.15, 0.2) is 0 Å². The van der Waals surface area contributed by atoms with Crippen molar-refractivity contribution in [2.24, 2.45) is 0 Å². The second-order valence-electron chi connectivity index (χ2n) is 10.2. The normalized spacial score (nSPS) is 20.1. The standard InChI is InChI=1S/C28H31ClFN3O3/c1-31(2)16-25(34)32-11-12-33-24-14-17(28(35)36)7-9-22(24)26(21-5-3-4-6-23(21)30)27(33)20-10-8-19(29)13-18(20)15-32/h7-10,13-14,21,23H,3-6,11-12,15-16H2,1-2H3,(H,35,36)/t21-,23-/m0/s1. The van der Waals surface area contributed by atoms with E-state index in [2.05, 4.69) is 4.57 Å². The van der Waals surface area contributed by atoms with E-state index >= 15 is 4.39 Å². The lowest BCUT2D eigenvalue weighted by molar-refractivity contribution is -0.132. The van der Waals surface area contributed by atoms with Crippen LogP contribution < -0.4 is 0 Å². The molecule has 0 saturated heterocycles. The molecule has 3 aromatic rings. The fourth-order valence-electron chi connectivity index (χ4n) is 5.83. The van der Waals surface area contributed by atoms with Gasteiger partial charge in [0.25, 0.3) is 0 Å². The summed E-state index contributed by atoms with van der Waals surface area (Å²) in [7, 11) is 3.73. The second kappa shape index (κ2) is 9.87. The van der Waals surface area contributed by atoms with E-state index in [0.717, 1.165) is 52.5 Å². The van der Waals surface area contributed by atoms with Crippen molar-refractivity contribution in [3.05, 3.63) is 58.1 Å². The maximum atomic E-state index is 15.4. The maximum absolute atomic E-state index is 15.4. The predicted octanol–water partition coefficient (Wildman–Crippen LogP) is 5.56. The first-order chi connectivity index (χ1) is 17.2. The number of hydrogen-bond donors (Lipinski definition) is 1. The molecule has 0 bridgehead atoms. The Labute approximate surface area is 215 Å². The molecule has 1 saturated carbocycles. The monoisotopic (exact) mass is 511 g/mol. The number of benzene rings is 2. The van der Waals surface area contributed by atoms with Gasteiger partial charge in [0, 0.05) is 47.0 Å². The topological polar surface area (TPSA) is 65.8 Å². The van der Waals surface area contributed by atoms with Crippen LogP contribution in [0.25, 0.3) is 22.2 Å². The zero-order chi connectivity index (χ0) is 25.6. The summed E-state index contributed by atoms with van der Waals surface area (Å²) >= 11 is 6.41. The number of nitrogens with zero attached hydrogens (tertiary/aromatic N) is 3. The van der Waals surface area contributed by atoms with Crippen LogP contribution in [-0.2, 0) is 17.9 Å².